The lowest BCUT2D eigenvalue weighted by molar-refractivity contribution is -0.228. The van der Waals surface area contributed by atoms with Gasteiger partial charge in [0, 0.05) is 23.7 Å². The number of carboxylic acids is 1. The van der Waals surface area contributed by atoms with Crippen molar-refractivity contribution in [3.63, 3.8) is 0 Å². The molecule has 0 aromatic carbocycles. The first kappa shape index (κ1) is 25.4. The molecule has 0 amide bonds. The molecular weight excluding hydrogens is 440 g/mol. The van der Waals surface area contributed by atoms with Crippen LogP contribution in [0.3, 0.4) is 0 Å². The van der Waals surface area contributed by atoms with E-state index in [9.17, 15) is 24.9 Å². The molecule has 5 heteroatoms. The van der Waals surface area contributed by atoms with Crippen molar-refractivity contribution in [2.75, 3.05) is 0 Å². The number of aliphatic carboxylic acids is 1. The van der Waals surface area contributed by atoms with E-state index in [2.05, 4.69) is 33.8 Å². The van der Waals surface area contributed by atoms with Crippen LogP contribution in [0.4, 0.5) is 0 Å². The summed E-state index contributed by atoms with van der Waals surface area (Å²) in [5.74, 6) is -0.678. The second kappa shape index (κ2) is 7.22. The SMILES string of the molecule is C[C@@H]1CC[C@]2(C(=O)O)CC[C@]3(C)C(=CC[C@@H]4[C@@]5(C)CCC(=O)C(C)(C)[C@@H]5[C@H](O)C[C@]43C)[C@@H]2[C@]1(C)O. The van der Waals surface area contributed by atoms with Gasteiger partial charge in [0.15, 0.2) is 0 Å². The van der Waals surface area contributed by atoms with Crippen molar-refractivity contribution < 1.29 is 24.9 Å². The fourth-order valence-electron chi connectivity index (χ4n) is 10.8. The van der Waals surface area contributed by atoms with Gasteiger partial charge in [-0.2, -0.15) is 0 Å². The molecule has 0 unspecified atom stereocenters. The molecule has 196 valence electrons. The van der Waals surface area contributed by atoms with Crippen LogP contribution >= 0.6 is 0 Å². The summed E-state index contributed by atoms with van der Waals surface area (Å²) in [6.07, 6.45) is 7.18. The zero-order valence-corrected chi connectivity index (χ0v) is 22.8. The first-order valence-corrected chi connectivity index (χ1v) is 13.9. The number of ketones is 1. The number of fused-ring (bicyclic) bond motifs is 7. The van der Waals surface area contributed by atoms with Gasteiger partial charge in [-0.1, -0.05) is 53.2 Å². The predicted molar refractivity (Wildman–Crippen MR) is 134 cm³/mol. The summed E-state index contributed by atoms with van der Waals surface area (Å²) in [6.45, 7) is 14.9. The molecule has 3 N–H and O–H groups in total. The Morgan fingerprint density at radius 3 is 2.31 bits per heavy atom. The van der Waals surface area contributed by atoms with Crippen LogP contribution in [0.5, 0.6) is 0 Å². The zero-order valence-electron chi connectivity index (χ0n) is 22.8. The summed E-state index contributed by atoms with van der Waals surface area (Å²) in [6, 6.07) is 0. The van der Waals surface area contributed by atoms with Crippen molar-refractivity contribution in [1.82, 2.24) is 0 Å². The van der Waals surface area contributed by atoms with Gasteiger partial charge in [-0.25, -0.2) is 0 Å². The van der Waals surface area contributed by atoms with E-state index in [0.717, 1.165) is 31.3 Å². The van der Waals surface area contributed by atoms with Gasteiger partial charge in [-0.05, 0) is 80.0 Å². The quantitative estimate of drug-likeness (QED) is 0.432. The normalized spacial score (nSPS) is 55.1. The van der Waals surface area contributed by atoms with Crippen LogP contribution in [0.15, 0.2) is 11.6 Å². The van der Waals surface area contributed by atoms with E-state index in [1.165, 1.54) is 0 Å². The number of aliphatic hydroxyl groups is 2. The van der Waals surface area contributed by atoms with Gasteiger partial charge in [-0.15, -0.1) is 0 Å². The first-order valence-electron chi connectivity index (χ1n) is 13.9. The summed E-state index contributed by atoms with van der Waals surface area (Å²) in [4.78, 5) is 25.8. The Bertz CT molecular complexity index is 995. The fraction of sp³-hybridized carbons (Fsp3) is 0.867. The van der Waals surface area contributed by atoms with E-state index in [4.69, 9.17) is 0 Å². The third-order valence-corrected chi connectivity index (χ3v) is 13.1. The van der Waals surface area contributed by atoms with Crippen molar-refractivity contribution in [2.24, 2.45) is 50.7 Å². The molecule has 4 fully saturated rings. The highest BCUT2D eigenvalue weighted by Gasteiger charge is 2.72. The first-order chi connectivity index (χ1) is 16.0. The number of carbonyl (C=O) groups excluding carboxylic acids is 1. The van der Waals surface area contributed by atoms with Gasteiger partial charge >= 0.3 is 5.97 Å². The third kappa shape index (κ3) is 2.83. The van der Waals surface area contributed by atoms with Crippen LogP contribution in [0.25, 0.3) is 0 Å². The zero-order chi connectivity index (χ0) is 26.0. The van der Waals surface area contributed by atoms with Crippen LogP contribution in [0.2, 0.25) is 0 Å². The third-order valence-electron chi connectivity index (χ3n) is 13.1. The Morgan fingerprint density at radius 2 is 1.69 bits per heavy atom. The van der Waals surface area contributed by atoms with Gasteiger partial charge in [0.25, 0.3) is 0 Å². The lowest BCUT2D eigenvalue weighted by atomic mass is 9.32. The maximum Gasteiger partial charge on any atom is 0.310 e. The number of allylic oxidation sites excluding steroid dienone is 1. The minimum absolute atomic E-state index is 0.0257. The molecule has 0 spiro atoms. The maximum atomic E-state index is 12.9. The van der Waals surface area contributed by atoms with Crippen molar-refractivity contribution in [3.8, 4) is 0 Å². The Hall–Kier alpha value is -1.20. The second-order valence-electron chi connectivity index (χ2n) is 14.7. The van der Waals surface area contributed by atoms with E-state index in [1.54, 1.807) is 0 Å². The molecular formula is C30H46O5. The van der Waals surface area contributed by atoms with Crippen LogP contribution in [0, 0.1) is 50.7 Å². The van der Waals surface area contributed by atoms with Gasteiger partial charge < -0.3 is 15.3 Å². The predicted octanol–water partition coefficient (Wildman–Crippen LogP) is 5.38. The molecule has 0 aromatic heterocycles. The molecule has 4 saturated carbocycles. The summed E-state index contributed by atoms with van der Waals surface area (Å²) in [5, 5.41) is 34.1. The molecule has 0 bridgehead atoms. The molecule has 5 nitrogen and oxygen atoms in total. The Balaban J connectivity index is 1.67. The molecule has 5 aliphatic rings. The Morgan fingerprint density at radius 1 is 1.03 bits per heavy atom. The van der Waals surface area contributed by atoms with E-state index in [-0.39, 0.29) is 33.9 Å². The fourth-order valence-corrected chi connectivity index (χ4v) is 10.8. The maximum absolute atomic E-state index is 12.9. The number of aliphatic hydroxyl groups excluding tert-OH is 1. The average Bonchev–Trinajstić information content (AvgIpc) is 2.74. The highest BCUT2D eigenvalue weighted by atomic mass is 16.4. The van der Waals surface area contributed by atoms with Crippen molar-refractivity contribution in [2.45, 2.75) is 112 Å². The second-order valence-corrected chi connectivity index (χ2v) is 14.7. The van der Waals surface area contributed by atoms with Crippen LogP contribution in [-0.2, 0) is 9.59 Å². The summed E-state index contributed by atoms with van der Waals surface area (Å²) < 4.78 is 0. The molecule has 5 rings (SSSR count). The highest BCUT2D eigenvalue weighted by molar-refractivity contribution is 5.85. The lowest BCUT2D eigenvalue weighted by Crippen LogP contribution is -2.69. The van der Waals surface area contributed by atoms with Gasteiger partial charge in [-0.3, -0.25) is 9.59 Å². The van der Waals surface area contributed by atoms with Crippen molar-refractivity contribution >= 4 is 11.8 Å². The number of Topliss-reactive ketones (excluding diaryl/α,β-unsaturated/α-hetero) is 1. The summed E-state index contributed by atoms with van der Waals surface area (Å²) in [7, 11) is 0. The topological polar surface area (TPSA) is 94.8 Å². The number of rotatable bonds is 1. The van der Waals surface area contributed by atoms with E-state index in [1.807, 2.05) is 20.8 Å². The van der Waals surface area contributed by atoms with Gasteiger partial charge in [0.2, 0.25) is 0 Å². The number of hydrogen-bond donors (Lipinski definition) is 3. The smallest absolute Gasteiger partial charge is 0.310 e. The average molecular weight is 487 g/mol. The number of carboxylic acid groups (broad SMARTS) is 1. The monoisotopic (exact) mass is 486 g/mol. The Kier molecular flexibility index (Phi) is 5.25. The van der Waals surface area contributed by atoms with Crippen LogP contribution in [0.1, 0.15) is 99.8 Å². The van der Waals surface area contributed by atoms with Crippen molar-refractivity contribution in [3.05, 3.63) is 11.6 Å². The van der Waals surface area contributed by atoms with E-state index >= 15 is 0 Å². The molecule has 0 aromatic rings. The molecule has 0 aliphatic heterocycles. The highest BCUT2D eigenvalue weighted by Crippen LogP contribution is 2.75. The van der Waals surface area contributed by atoms with E-state index < -0.39 is 34.4 Å². The largest absolute Gasteiger partial charge is 0.481 e. The minimum Gasteiger partial charge on any atom is -0.481 e. The standard InChI is InChI=1S/C30H46O5/c1-17-10-13-30(24(33)34)15-14-27(5)18(22(30)29(17,7)35)8-9-20-26(4)12-11-21(32)25(2,3)23(26)19(31)16-28(20,27)6/h8,17,19-20,22-23,31,35H,9-16H2,1-7H3,(H,33,34)/t17-,19-,20-,22-,23+,26-,27-,28-,29-,30+/m1/s1. The Labute approximate surface area is 210 Å². The molecule has 0 heterocycles. The summed E-state index contributed by atoms with van der Waals surface area (Å²) >= 11 is 0. The molecule has 0 saturated heterocycles. The minimum atomic E-state index is -1.09. The van der Waals surface area contributed by atoms with Crippen LogP contribution in [-0.4, -0.2) is 38.8 Å². The lowest BCUT2D eigenvalue weighted by Gasteiger charge is -2.72. The molecule has 10 atom stereocenters. The molecule has 35 heavy (non-hydrogen) atoms. The van der Waals surface area contributed by atoms with Crippen LogP contribution < -0.4 is 0 Å². The number of hydrogen-bond acceptors (Lipinski definition) is 4. The van der Waals surface area contributed by atoms with Gasteiger partial charge in [0.05, 0.1) is 17.1 Å². The molecule has 0 radical (unpaired) electrons. The van der Waals surface area contributed by atoms with E-state index in [0.29, 0.717) is 31.6 Å². The number of carbonyl (C=O) groups is 2. The van der Waals surface area contributed by atoms with Crippen molar-refractivity contribution in [1.29, 1.82) is 0 Å². The molecule has 5 aliphatic carbocycles. The van der Waals surface area contributed by atoms with Gasteiger partial charge in [0.1, 0.15) is 5.78 Å². The summed E-state index contributed by atoms with van der Waals surface area (Å²) in [5.41, 5.74) is -2.15.